The summed E-state index contributed by atoms with van der Waals surface area (Å²) in [5.74, 6) is 0.425. The first-order valence-corrected chi connectivity index (χ1v) is 7.90. The Hall–Kier alpha value is -1.51. The predicted octanol–water partition coefficient (Wildman–Crippen LogP) is 4.05. The molecule has 1 amide bonds. The molecule has 0 bridgehead atoms. The summed E-state index contributed by atoms with van der Waals surface area (Å²) in [6.07, 6.45) is 5.59. The lowest BCUT2D eigenvalue weighted by molar-refractivity contribution is -0.122. The highest BCUT2D eigenvalue weighted by Crippen LogP contribution is 2.28. The molecule has 0 radical (unpaired) electrons. The number of carbonyl (C=O) groups is 1. The molecule has 1 aromatic rings. The summed E-state index contributed by atoms with van der Waals surface area (Å²) in [5, 5.41) is 3.02. The average Bonchev–Trinajstić information content (AvgIpc) is 2.37. The molecule has 1 aliphatic rings. The first-order valence-electron chi connectivity index (χ1n) is 7.90. The number of carbonyl (C=O) groups excluding carboxylic acids is 1. The maximum atomic E-state index is 11.9. The number of nitrogens with one attached hydrogen (secondary N) is 1. The van der Waals surface area contributed by atoms with Crippen LogP contribution in [0.4, 0.5) is 11.4 Å². The third-order valence-electron chi connectivity index (χ3n) is 3.96. The van der Waals surface area contributed by atoms with E-state index < -0.39 is 0 Å². The van der Waals surface area contributed by atoms with Crippen molar-refractivity contribution in [1.82, 2.24) is 0 Å². The van der Waals surface area contributed by atoms with E-state index in [9.17, 15) is 4.79 Å². The number of benzene rings is 1. The van der Waals surface area contributed by atoms with Crippen molar-refractivity contribution in [3.63, 3.8) is 0 Å². The summed E-state index contributed by atoms with van der Waals surface area (Å²) < 4.78 is 0. The molecule has 0 heterocycles. The summed E-state index contributed by atoms with van der Waals surface area (Å²) in [6, 6.07) is 8.26. The van der Waals surface area contributed by atoms with Crippen molar-refractivity contribution in [3.05, 3.63) is 24.3 Å². The van der Waals surface area contributed by atoms with Crippen molar-refractivity contribution in [1.29, 1.82) is 0 Å². The Labute approximate surface area is 122 Å². The molecule has 0 aromatic heterocycles. The summed E-state index contributed by atoms with van der Waals surface area (Å²) in [7, 11) is 0. The minimum Gasteiger partial charge on any atom is -0.372 e. The van der Waals surface area contributed by atoms with Crippen molar-refractivity contribution >= 4 is 17.3 Å². The van der Waals surface area contributed by atoms with Crippen LogP contribution >= 0.6 is 0 Å². The number of rotatable bonds is 7. The van der Waals surface area contributed by atoms with Gasteiger partial charge in [-0.1, -0.05) is 20.3 Å². The zero-order valence-electron chi connectivity index (χ0n) is 12.7. The number of anilines is 2. The molecule has 1 saturated carbocycles. The molecule has 2 rings (SSSR count). The van der Waals surface area contributed by atoms with Crippen molar-refractivity contribution in [2.45, 2.75) is 46.0 Å². The van der Waals surface area contributed by atoms with Gasteiger partial charge in [0.15, 0.2) is 0 Å². The third-order valence-corrected chi connectivity index (χ3v) is 3.96. The normalized spacial score (nSPS) is 14.7. The summed E-state index contributed by atoms with van der Waals surface area (Å²) in [6.45, 7) is 6.58. The second-order valence-electron chi connectivity index (χ2n) is 5.65. The van der Waals surface area contributed by atoms with Gasteiger partial charge >= 0.3 is 0 Å². The molecule has 0 spiro atoms. The van der Waals surface area contributed by atoms with Gasteiger partial charge in [0.05, 0.1) is 0 Å². The van der Waals surface area contributed by atoms with E-state index in [1.54, 1.807) is 0 Å². The lowest BCUT2D eigenvalue weighted by Crippen LogP contribution is -2.28. The molecular weight excluding hydrogens is 248 g/mol. The molecule has 0 saturated heterocycles. The third kappa shape index (κ3) is 3.75. The van der Waals surface area contributed by atoms with E-state index in [-0.39, 0.29) is 11.8 Å². The van der Waals surface area contributed by atoms with E-state index in [0.29, 0.717) is 0 Å². The number of hydrogen-bond donors (Lipinski definition) is 1. The smallest absolute Gasteiger partial charge is 0.227 e. The fourth-order valence-corrected chi connectivity index (χ4v) is 2.58. The minimum absolute atomic E-state index is 0.183. The number of hydrogen-bond acceptors (Lipinski definition) is 2. The minimum atomic E-state index is 0.183. The van der Waals surface area contributed by atoms with Crippen LogP contribution in [-0.4, -0.2) is 19.0 Å². The van der Waals surface area contributed by atoms with Crippen LogP contribution in [0.2, 0.25) is 0 Å². The highest BCUT2D eigenvalue weighted by Gasteiger charge is 2.25. The van der Waals surface area contributed by atoms with Crippen molar-refractivity contribution in [3.8, 4) is 0 Å². The first-order chi connectivity index (χ1) is 9.74. The molecule has 0 atom stereocenters. The quantitative estimate of drug-likeness (QED) is 0.813. The van der Waals surface area contributed by atoms with Gasteiger partial charge in [0.25, 0.3) is 0 Å². The fourth-order valence-electron chi connectivity index (χ4n) is 2.58. The van der Waals surface area contributed by atoms with Gasteiger partial charge in [-0.3, -0.25) is 4.79 Å². The first kappa shape index (κ1) is 14.9. The van der Waals surface area contributed by atoms with Crippen LogP contribution in [0.5, 0.6) is 0 Å². The van der Waals surface area contributed by atoms with Gasteiger partial charge in [-0.25, -0.2) is 0 Å². The molecule has 1 N–H and O–H groups in total. The van der Waals surface area contributed by atoms with Crippen LogP contribution in [0, 0.1) is 5.92 Å². The van der Waals surface area contributed by atoms with E-state index in [0.717, 1.165) is 44.5 Å². The molecule has 0 aliphatic heterocycles. The van der Waals surface area contributed by atoms with Crippen LogP contribution in [0.1, 0.15) is 46.0 Å². The van der Waals surface area contributed by atoms with E-state index in [1.165, 1.54) is 12.1 Å². The SMILES string of the molecule is CCCN(CCC)c1ccc(NC(=O)C2CCC2)cc1. The van der Waals surface area contributed by atoms with Crippen LogP contribution in [0.25, 0.3) is 0 Å². The van der Waals surface area contributed by atoms with Crippen LogP contribution in [-0.2, 0) is 4.79 Å². The molecule has 1 fully saturated rings. The Morgan fingerprint density at radius 3 is 2.20 bits per heavy atom. The van der Waals surface area contributed by atoms with Crippen LogP contribution in [0.15, 0.2) is 24.3 Å². The second-order valence-corrected chi connectivity index (χ2v) is 5.65. The largest absolute Gasteiger partial charge is 0.372 e. The highest BCUT2D eigenvalue weighted by atomic mass is 16.1. The molecule has 1 aliphatic carbocycles. The molecule has 110 valence electrons. The van der Waals surface area contributed by atoms with Gasteiger partial charge in [0.1, 0.15) is 0 Å². The molecular formula is C17H26N2O. The maximum absolute atomic E-state index is 11.9. The molecule has 3 nitrogen and oxygen atoms in total. The zero-order valence-corrected chi connectivity index (χ0v) is 12.7. The predicted molar refractivity (Wildman–Crippen MR) is 85.2 cm³/mol. The lowest BCUT2D eigenvalue weighted by Gasteiger charge is -2.25. The second kappa shape index (κ2) is 7.32. The summed E-state index contributed by atoms with van der Waals surface area (Å²) in [4.78, 5) is 14.3. The Balaban J connectivity index is 1.95. The van der Waals surface area contributed by atoms with Gasteiger partial charge in [0, 0.05) is 30.4 Å². The fraction of sp³-hybridized carbons (Fsp3) is 0.588. The van der Waals surface area contributed by atoms with E-state index >= 15 is 0 Å². The Morgan fingerprint density at radius 2 is 1.75 bits per heavy atom. The van der Waals surface area contributed by atoms with Gasteiger partial charge in [-0.05, 0) is 49.9 Å². The van der Waals surface area contributed by atoms with Gasteiger partial charge in [0.2, 0.25) is 5.91 Å². The van der Waals surface area contributed by atoms with Crippen molar-refractivity contribution in [2.75, 3.05) is 23.3 Å². The monoisotopic (exact) mass is 274 g/mol. The number of amides is 1. The summed E-state index contributed by atoms with van der Waals surface area (Å²) >= 11 is 0. The lowest BCUT2D eigenvalue weighted by atomic mass is 9.85. The molecule has 0 unspecified atom stereocenters. The number of nitrogens with zero attached hydrogens (tertiary/aromatic N) is 1. The average molecular weight is 274 g/mol. The van der Waals surface area contributed by atoms with Crippen molar-refractivity contribution < 1.29 is 4.79 Å². The standard InChI is InChI=1S/C17H26N2O/c1-3-12-19(13-4-2)16-10-8-15(9-11-16)18-17(20)14-6-5-7-14/h8-11,14H,3-7,12-13H2,1-2H3,(H,18,20). The van der Waals surface area contributed by atoms with Crippen LogP contribution < -0.4 is 10.2 Å². The topological polar surface area (TPSA) is 32.3 Å². The van der Waals surface area contributed by atoms with Gasteiger partial charge in [-0.2, -0.15) is 0 Å². The van der Waals surface area contributed by atoms with Gasteiger partial charge < -0.3 is 10.2 Å². The van der Waals surface area contributed by atoms with E-state index in [2.05, 4.69) is 36.2 Å². The molecule has 3 heteroatoms. The molecule has 1 aromatic carbocycles. The van der Waals surface area contributed by atoms with Gasteiger partial charge in [-0.15, -0.1) is 0 Å². The zero-order chi connectivity index (χ0) is 14.4. The Morgan fingerprint density at radius 1 is 1.15 bits per heavy atom. The Bertz CT molecular complexity index is 417. The van der Waals surface area contributed by atoms with Crippen LogP contribution in [0.3, 0.4) is 0 Å². The van der Waals surface area contributed by atoms with Crippen molar-refractivity contribution in [2.24, 2.45) is 5.92 Å². The summed E-state index contributed by atoms with van der Waals surface area (Å²) in [5.41, 5.74) is 2.16. The highest BCUT2D eigenvalue weighted by molar-refractivity contribution is 5.93. The van der Waals surface area contributed by atoms with E-state index in [4.69, 9.17) is 0 Å². The van der Waals surface area contributed by atoms with E-state index in [1.807, 2.05) is 12.1 Å². The Kier molecular flexibility index (Phi) is 5.45. The maximum Gasteiger partial charge on any atom is 0.227 e. The molecule has 20 heavy (non-hydrogen) atoms.